The highest BCUT2D eigenvalue weighted by atomic mass is 16.5. The van der Waals surface area contributed by atoms with Crippen molar-refractivity contribution in [3.8, 4) is 5.75 Å². The number of benzene rings is 1. The standard InChI is InChI=1S/C17H25N3O/c1-3-11-21-14-5-6-16-15(12-14)19-17(20(16)4-2)13-7-9-18-10-8-13/h5-6,12-13,18H,3-4,7-11H2,1-2H3. The molecule has 0 amide bonds. The molecule has 0 bridgehead atoms. The molecule has 0 radical (unpaired) electrons. The Balaban J connectivity index is 1.96. The Kier molecular flexibility index (Phi) is 4.44. The van der Waals surface area contributed by atoms with Crippen LogP contribution in [0.15, 0.2) is 18.2 Å². The molecule has 21 heavy (non-hydrogen) atoms. The molecular weight excluding hydrogens is 262 g/mol. The molecule has 0 saturated carbocycles. The topological polar surface area (TPSA) is 39.1 Å². The van der Waals surface area contributed by atoms with Gasteiger partial charge in [0.1, 0.15) is 11.6 Å². The molecule has 1 N–H and O–H groups in total. The van der Waals surface area contributed by atoms with E-state index in [4.69, 9.17) is 9.72 Å². The number of aryl methyl sites for hydroxylation is 1. The maximum atomic E-state index is 5.73. The third-order valence-electron chi connectivity index (χ3n) is 4.24. The molecule has 1 aromatic carbocycles. The van der Waals surface area contributed by atoms with Crippen molar-refractivity contribution >= 4 is 11.0 Å². The van der Waals surface area contributed by atoms with Gasteiger partial charge in [-0.3, -0.25) is 0 Å². The van der Waals surface area contributed by atoms with Gasteiger partial charge in [-0.2, -0.15) is 0 Å². The van der Waals surface area contributed by atoms with Crippen molar-refractivity contribution in [3.05, 3.63) is 24.0 Å². The van der Waals surface area contributed by atoms with Gasteiger partial charge in [0.15, 0.2) is 0 Å². The molecule has 0 unspecified atom stereocenters. The number of hydrogen-bond donors (Lipinski definition) is 1. The van der Waals surface area contributed by atoms with Gasteiger partial charge in [-0.25, -0.2) is 4.98 Å². The van der Waals surface area contributed by atoms with E-state index in [1.54, 1.807) is 0 Å². The molecule has 0 atom stereocenters. The van der Waals surface area contributed by atoms with Crippen molar-refractivity contribution in [2.24, 2.45) is 0 Å². The highest BCUT2D eigenvalue weighted by molar-refractivity contribution is 5.78. The first-order valence-corrected chi connectivity index (χ1v) is 8.17. The molecule has 1 aliphatic heterocycles. The Morgan fingerprint density at radius 3 is 2.81 bits per heavy atom. The van der Waals surface area contributed by atoms with Crippen LogP contribution in [0.25, 0.3) is 11.0 Å². The average molecular weight is 287 g/mol. The van der Waals surface area contributed by atoms with Crippen LogP contribution >= 0.6 is 0 Å². The maximum Gasteiger partial charge on any atom is 0.121 e. The number of nitrogens with zero attached hydrogens (tertiary/aromatic N) is 2. The first-order valence-electron chi connectivity index (χ1n) is 8.17. The van der Waals surface area contributed by atoms with Crippen molar-refractivity contribution in [1.29, 1.82) is 0 Å². The molecule has 1 aromatic heterocycles. The predicted molar refractivity (Wildman–Crippen MR) is 86.0 cm³/mol. The minimum absolute atomic E-state index is 0.582. The van der Waals surface area contributed by atoms with Crippen molar-refractivity contribution in [2.75, 3.05) is 19.7 Å². The molecule has 2 heterocycles. The Morgan fingerprint density at radius 1 is 1.29 bits per heavy atom. The lowest BCUT2D eigenvalue weighted by molar-refractivity contribution is 0.318. The second-order valence-electron chi connectivity index (χ2n) is 5.74. The molecule has 1 fully saturated rings. The van der Waals surface area contributed by atoms with Gasteiger partial charge in [0.05, 0.1) is 17.6 Å². The molecular formula is C17H25N3O. The summed E-state index contributed by atoms with van der Waals surface area (Å²) in [7, 11) is 0. The van der Waals surface area contributed by atoms with Crippen LogP contribution in [0.1, 0.15) is 44.9 Å². The molecule has 3 rings (SSSR count). The molecule has 1 aliphatic rings. The van der Waals surface area contributed by atoms with E-state index in [1.165, 1.54) is 24.2 Å². The smallest absolute Gasteiger partial charge is 0.121 e. The summed E-state index contributed by atoms with van der Waals surface area (Å²) >= 11 is 0. The number of hydrogen-bond acceptors (Lipinski definition) is 3. The monoisotopic (exact) mass is 287 g/mol. The summed E-state index contributed by atoms with van der Waals surface area (Å²) in [5, 5.41) is 3.43. The number of piperidine rings is 1. The van der Waals surface area contributed by atoms with Crippen LogP contribution in [0.4, 0.5) is 0 Å². The van der Waals surface area contributed by atoms with Gasteiger partial charge in [-0.1, -0.05) is 6.92 Å². The van der Waals surface area contributed by atoms with Crippen LogP contribution in [0.3, 0.4) is 0 Å². The van der Waals surface area contributed by atoms with Gasteiger partial charge in [0, 0.05) is 18.5 Å². The zero-order valence-electron chi connectivity index (χ0n) is 13.1. The summed E-state index contributed by atoms with van der Waals surface area (Å²) in [5.74, 6) is 2.77. The first kappa shape index (κ1) is 14.4. The number of imidazole rings is 1. The molecule has 4 nitrogen and oxygen atoms in total. The van der Waals surface area contributed by atoms with Crippen LogP contribution in [0.5, 0.6) is 5.75 Å². The van der Waals surface area contributed by atoms with Gasteiger partial charge in [0.2, 0.25) is 0 Å². The normalized spacial score (nSPS) is 16.5. The van der Waals surface area contributed by atoms with Crippen molar-refractivity contribution in [2.45, 2.75) is 45.6 Å². The largest absolute Gasteiger partial charge is 0.494 e. The first-order chi connectivity index (χ1) is 10.3. The second-order valence-corrected chi connectivity index (χ2v) is 5.74. The number of ether oxygens (including phenoxy) is 1. The van der Waals surface area contributed by atoms with Gasteiger partial charge >= 0.3 is 0 Å². The fourth-order valence-electron chi connectivity index (χ4n) is 3.16. The zero-order valence-corrected chi connectivity index (χ0v) is 13.1. The predicted octanol–water partition coefficient (Wildman–Crippen LogP) is 3.31. The lowest BCUT2D eigenvalue weighted by Crippen LogP contribution is -2.28. The third-order valence-corrected chi connectivity index (χ3v) is 4.24. The lowest BCUT2D eigenvalue weighted by Gasteiger charge is -2.22. The Morgan fingerprint density at radius 2 is 2.10 bits per heavy atom. The fraction of sp³-hybridized carbons (Fsp3) is 0.588. The number of fused-ring (bicyclic) bond motifs is 1. The summed E-state index contributed by atoms with van der Waals surface area (Å²) in [6.45, 7) is 8.27. The SMILES string of the molecule is CCCOc1ccc2c(c1)nc(C1CCNCC1)n2CC. The van der Waals surface area contributed by atoms with E-state index >= 15 is 0 Å². The quantitative estimate of drug-likeness (QED) is 0.917. The van der Waals surface area contributed by atoms with Crippen molar-refractivity contribution in [1.82, 2.24) is 14.9 Å². The molecule has 2 aromatic rings. The average Bonchev–Trinajstić information content (AvgIpc) is 2.91. The molecule has 0 spiro atoms. The van der Waals surface area contributed by atoms with Crippen LogP contribution in [0.2, 0.25) is 0 Å². The Labute approximate surface area is 126 Å². The molecule has 4 heteroatoms. The summed E-state index contributed by atoms with van der Waals surface area (Å²) in [6.07, 6.45) is 3.40. The van der Waals surface area contributed by atoms with Crippen LogP contribution < -0.4 is 10.1 Å². The van der Waals surface area contributed by atoms with E-state index in [9.17, 15) is 0 Å². The van der Waals surface area contributed by atoms with Gasteiger partial charge in [0.25, 0.3) is 0 Å². The molecule has 0 aliphatic carbocycles. The molecule has 1 saturated heterocycles. The number of rotatable bonds is 5. The maximum absolute atomic E-state index is 5.73. The fourth-order valence-corrected chi connectivity index (χ4v) is 3.16. The van der Waals surface area contributed by atoms with Crippen LogP contribution in [-0.4, -0.2) is 29.2 Å². The number of nitrogens with one attached hydrogen (secondary N) is 1. The third kappa shape index (κ3) is 2.91. The minimum atomic E-state index is 0.582. The van der Waals surface area contributed by atoms with Crippen molar-refractivity contribution in [3.63, 3.8) is 0 Å². The highest BCUT2D eigenvalue weighted by Crippen LogP contribution is 2.29. The second kappa shape index (κ2) is 6.48. The van der Waals surface area contributed by atoms with E-state index in [-0.39, 0.29) is 0 Å². The van der Waals surface area contributed by atoms with Crippen LogP contribution in [0, 0.1) is 0 Å². The Bertz CT molecular complexity index is 599. The lowest BCUT2D eigenvalue weighted by atomic mass is 9.97. The summed E-state index contributed by atoms with van der Waals surface area (Å²) in [5.41, 5.74) is 2.30. The van der Waals surface area contributed by atoms with Gasteiger partial charge in [-0.05, 0) is 51.4 Å². The van der Waals surface area contributed by atoms with E-state index < -0.39 is 0 Å². The van der Waals surface area contributed by atoms with Crippen molar-refractivity contribution < 1.29 is 4.74 Å². The van der Waals surface area contributed by atoms with E-state index in [2.05, 4.69) is 41.9 Å². The number of aromatic nitrogens is 2. The van der Waals surface area contributed by atoms with Crippen LogP contribution in [-0.2, 0) is 6.54 Å². The van der Waals surface area contributed by atoms with Gasteiger partial charge in [-0.15, -0.1) is 0 Å². The zero-order chi connectivity index (χ0) is 14.7. The summed E-state index contributed by atoms with van der Waals surface area (Å²) in [4.78, 5) is 4.93. The van der Waals surface area contributed by atoms with E-state index in [1.807, 2.05) is 0 Å². The van der Waals surface area contributed by atoms with E-state index in [0.717, 1.165) is 43.9 Å². The summed E-state index contributed by atoms with van der Waals surface area (Å²) < 4.78 is 8.10. The van der Waals surface area contributed by atoms with E-state index in [0.29, 0.717) is 5.92 Å². The minimum Gasteiger partial charge on any atom is -0.494 e. The summed E-state index contributed by atoms with van der Waals surface area (Å²) in [6, 6.07) is 6.31. The Hall–Kier alpha value is -1.55. The molecule has 114 valence electrons. The highest BCUT2D eigenvalue weighted by Gasteiger charge is 2.21. The van der Waals surface area contributed by atoms with Gasteiger partial charge < -0.3 is 14.6 Å².